The van der Waals surface area contributed by atoms with Crippen molar-refractivity contribution < 1.29 is 18.3 Å². The van der Waals surface area contributed by atoms with Crippen LogP contribution in [0.2, 0.25) is 0 Å². The van der Waals surface area contributed by atoms with E-state index in [1.807, 2.05) is 6.92 Å². The van der Waals surface area contributed by atoms with E-state index in [-0.39, 0.29) is 37.1 Å². The molecule has 0 amide bonds. The fourth-order valence-corrected chi connectivity index (χ4v) is 1.63. The molecule has 1 aliphatic carbocycles. The van der Waals surface area contributed by atoms with E-state index in [1.165, 1.54) is 0 Å². The first-order valence-corrected chi connectivity index (χ1v) is 6.16. The number of hydrogen-bond donors (Lipinski definition) is 3. The van der Waals surface area contributed by atoms with Crippen molar-refractivity contribution in [3.8, 4) is 0 Å². The summed E-state index contributed by atoms with van der Waals surface area (Å²) in [6.45, 7) is 2.41. The Morgan fingerprint density at radius 1 is 1.32 bits per heavy atom. The number of rotatable bonds is 5. The average molecular weight is 395 g/mol. The molecular weight excluding hydrogens is 374 g/mol. The predicted molar refractivity (Wildman–Crippen MR) is 78.9 cm³/mol. The molecule has 4 nitrogen and oxygen atoms in total. The van der Waals surface area contributed by atoms with Crippen LogP contribution in [0.5, 0.6) is 0 Å². The summed E-state index contributed by atoms with van der Waals surface area (Å²) in [6, 6.07) is 0. The van der Waals surface area contributed by atoms with Gasteiger partial charge in [0.15, 0.2) is 5.96 Å². The van der Waals surface area contributed by atoms with Crippen molar-refractivity contribution in [2.75, 3.05) is 19.6 Å². The van der Waals surface area contributed by atoms with Gasteiger partial charge in [0.25, 0.3) is 0 Å². The quantitative estimate of drug-likeness (QED) is 0.380. The van der Waals surface area contributed by atoms with Gasteiger partial charge in [-0.05, 0) is 26.2 Å². The third kappa shape index (κ3) is 7.81. The van der Waals surface area contributed by atoms with Crippen LogP contribution >= 0.6 is 24.0 Å². The Hall–Kier alpha value is -0.250. The Balaban J connectivity index is 0.00000324. The minimum atomic E-state index is -4.17. The Bertz CT molecular complexity index is 293. The lowest BCUT2D eigenvalue weighted by atomic mass is 9.80. The third-order valence-corrected chi connectivity index (χ3v) is 2.86. The Kier molecular flexibility index (Phi) is 8.02. The van der Waals surface area contributed by atoms with Crippen molar-refractivity contribution >= 4 is 29.9 Å². The summed E-state index contributed by atoms with van der Waals surface area (Å²) in [6.07, 6.45) is -2.68. The van der Waals surface area contributed by atoms with Gasteiger partial charge in [-0.15, -0.1) is 24.0 Å². The third-order valence-electron chi connectivity index (χ3n) is 2.86. The van der Waals surface area contributed by atoms with Gasteiger partial charge in [0.2, 0.25) is 0 Å². The van der Waals surface area contributed by atoms with Crippen molar-refractivity contribution in [1.29, 1.82) is 0 Å². The molecule has 1 fully saturated rings. The lowest BCUT2D eigenvalue weighted by Crippen LogP contribution is -2.43. The van der Waals surface area contributed by atoms with Crippen LogP contribution in [-0.2, 0) is 0 Å². The number of aliphatic hydroxyl groups is 1. The van der Waals surface area contributed by atoms with Crippen molar-refractivity contribution in [2.24, 2.45) is 4.99 Å². The summed E-state index contributed by atoms with van der Waals surface area (Å²) < 4.78 is 36.0. The summed E-state index contributed by atoms with van der Waals surface area (Å²) in [5.41, 5.74) is -0.758. The first-order valence-electron chi connectivity index (χ1n) is 6.16. The molecule has 3 N–H and O–H groups in total. The van der Waals surface area contributed by atoms with Crippen LogP contribution in [0.25, 0.3) is 0 Å². The molecule has 114 valence electrons. The van der Waals surface area contributed by atoms with Crippen LogP contribution in [0.1, 0.15) is 32.6 Å². The molecule has 0 radical (unpaired) electrons. The number of halogens is 4. The molecule has 0 aromatic heterocycles. The minimum absolute atomic E-state index is 0. The molecule has 0 unspecified atom stereocenters. The number of nitrogens with one attached hydrogen (secondary N) is 2. The summed E-state index contributed by atoms with van der Waals surface area (Å²) in [5, 5.41) is 15.3. The van der Waals surface area contributed by atoms with Crippen molar-refractivity contribution in [3.05, 3.63) is 0 Å². The number of guanidine groups is 1. The highest BCUT2D eigenvalue weighted by molar-refractivity contribution is 14.0. The Morgan fingerprint density at radius 2 is 1.95 bits per heavy atom. The van der Waals surface area contributed by atoms with Gasteiger partial charge >= 0.3 is 6.18 Å². The van der Waals surface area contributed by atoms with Gasteiger partial charge in [-0.1, -0.05) is 0 Å². The number of hydrogen-bond acceptors (Lipinski definition) is 2. The van der Waals surface area contributed by atoms with E-state index >= 15 is 0 Å². The number of aliphatic imine (C=N–C) groups is 1. The summed E-state index contributed by atoms with van der Waals surface area (Å²) in [5.74, 6) is 0.321. The molecule has 1 aliphatic rings. The maximum Gasteiger partial charge on any atom is 0.390 e. The molecule has 0 saturated heterocycles. The van der Waals surface area contributed by atoms with Crippen LogP contribution in [0.15, 0.2) is 4.99 Å². The van der Waals surface area contributed by atoms with Crippen LogP contribution < -0.4 is 10.6 Å². The SMILES string of the molecule is CCNC(=NCC1(O)CCC1)NCCC(F)(F)F.I. The average Bonchev–Trinajstić information content (AvgIpc) is 2.21. The van der Waals surface area contributed by atoms with Gasteiger partial charge in [0.05, 0.1) is 18.6 Å². The van der Waals surface area contributed by atoms with Crippen LogP contribution in [0.4, 0.5) is 13.2 Å². The largest absolute Gasteiger partial charge is 0.390 e. The molecule has 0 spiro atoms. The summed E-state index contributed by atoms with van der Waals surface area (Å²) >= 11 is 0. The van der Waals surface area contributed by atoms with E-state index in [0.29, 0.717) is 25.3 Å². The fourth-order valence-electron chi connectivity index (χ4n) is 1.63. The number of nitrogens with zero attached hydrogens (tertiary/aromatic N) is 1. The van der Waals surface area contributed by atoms with E-state index in [9.17, 15) is 18.3 Å². The van der Waals surface area contributed by atoms with E-state index in [1.54, 1.807) is 0 Å². The van der Waals surface area contributed by atoms with E-state index in [2.05, 4.69) is 15.6 Å². The van der Waals surface area contributed by atoms with Gasteiger partial charge in [-0.25, -0.2) is 0 Å². The van der Waals surface area contributed by atoms with Crippen molar-refractivity contribution in [2.45, 2.75) is 44.4 Å². The van der Waals surface area contributed by atoms with E-state index in [4.69, 9.17) is 0 Å². The molecular formula is C11H21F3IN3O. The zero-order valence-corrected chi connectivity index (χ0v) is 13.2. The molecule has 8 heteroatoms. The first kappa shape index (κ1) is 18.8. The monoisotopic (exact) mass is 395 g/mol. The lowest BCUT2D eigenvalue weighted by molar-refractivity contribution is -0.132. The number of alkyl halides is 3. The molecule has 0 aromatic carbocycles. The maximum atomic E-state index is 12.0. The molecule has 0 heterocycles. The summed E-state index contributed by atoms with van der Waals surface area (Å²) in [4.78, 5) is 4.10. The van der Waals surface area contributed by atoms with Gasteiger partial charge in [0, 0.05) is 13.1 Å². The predicted octanol–water partition coefficient (Wildman–Crippen LogP) is 2.03. The second kappa shape index (κ2) is 8.13. The topological polar surface area (TPSA) is 56.7 Å². The molecule has 0 bridgehead atoms. The smallest absolute Gasteiger partial charge is 0.388 e. The van der Waals surface area contributed by atoms with Crippen molar-refractivity contribution in [1.82, 2.24) is 10.6 Å². The normalized spacial score (nSPS) is 18.3. The van der Waals surface area contributed by atoms with Gasteiger partial charge < -0.3 is 15.7 Å². The highest BCUT2D eigenvalue weighted by Crippen LogP contribution is 2.31. The molecule has 0 aliphatic heterocycles. The standard InChI is InChI=1S/C11H20F3N3O.HI/c1-2-15-9(16-7-6-11(12,13)14)17-8-10(18)4-3-5-10;/h18H,2-8H2,1H3,(H2,15,16,17);1H. The molecule has 19 heavy (non-hydrogen) atoms. The Labute approximate surface area is 128 Å². The molecule has 0 aromatic rings. The maximum absolute atomic E-state index is 12.0. The second-order valence-corrected chi connectivity index (χ2v) is 4.57. The minimum Gasteiger partial charge on any atom is -0.388 e. The van der Waals surface area contributed by atoms with Crippen LogP contribution in [0.3, 0.4) is 0 Å². The zero-order chi connectivity index (χ0) is 13.6. The van der Waals surface area contributed by atoms with Gasteiger partial charge in [-0.2, -0.15) is 13.2 Å². The van der Waals surface area contributed by atoms with E-state index in [0.717, 1.165) is 6.42 Å². The zero-order valence-electron chi connectivity index (χ0n) is 10.9. The first-order chi connectivity index (χ1) is 8.35. The molecule has 0 atom stereocenters. The fraction of sp³-hybridized carbons (Fsp3) is 0.909. The van der Waals surface area contributed by atoms with Gasteiger partial charge in [0.1, 0.15) is 0 Å². The van der Waals surface area contributed by atoms with Crippen LogP contribution in [-0.4, -0.2) is 42.5 Å². The summed E-state index contributed by atoms with van der Waals surface area (Å²) in [7, 11) is 0. The lowest BCUT2D eigenvalue weighted by Gasteiger charge is -2.35. The second-order valence-electron chi connectivity index (χ2n) is 4.57. The highest BCUT2D eigenvalue weighted by Gasteiger charge is 2.34. The highest BCUT2D eigenvalue weighted by atomic mass is 127. The molecule has 1 saturated carbocycles. The van der Waals surface area contributed by atoms with Gasteiger partial charge in [-0.3, -0.25) is 4.99 Å². The molecule has 1 rings (SSSR count). The van der Waals surface area contributed by atoms with Crippen molar-refractivity contribution in [3.63, 3.8) is 0 Å². The van der Waals surface area contributed by atoms with E-state index < -0.39 is 18.2 Å². The van der Waals surface area contributed by atoms with Crippen LogP contribution in [0, 0.1) is 0 Å². The Morgan fingerprint density at radius 3 is 2.37 bits per heavy atom.